The van der Waals surface area contributed by atoms with E-state index >= 15 is 0 Å². The summed E-state index contributed by atoms with van der Waals surface area (Å²) in [5.41, 5.74) is 1.53. The molecule has 1 N–H and O–H groups in total. The van der Waals surface area contributed by atoms with Gasteiger partial charge in [-0.2, -0.15) is 0 Å². The van der Waals surface area contributed by atoms with Crippen molar-refractivity contribution in [3.05, 3.63) is 24.3 Å². The summed E-state index contributed by atoms with van der Waals surface area (Å²) >= 11 is 0. The van der Waals surface area contributed by atoms with Gasteiger partial charge < -0.3 is 5.32 Å². The van der Waals surface area contributed by atoms with Crippen LogP contribution in [0.5, 0.6) is 0 Å². The lowest BCUT2D eigenvalue weighted by molar-refractivity contribution is 0.439. The highest BCUT2D eigenvalue weighted by atomic mass is 15.0. The Balaban J connectivity index is 1.94. The minimum Gasteiger partial charge on any atom is -0.316 e. The van der Waals surface area contributed by atoms with Gasteiger partial charge in [0.2, 0.25) is 0 Å². The highest BCUT2D eigenvalue weighted by Crippen LogP contribution is 2.56. The molecule has 2 unspecified atom stereocenters. The molecular weight excluding hydrogens is 162 g/mol. The maximum atomic E-state index is 4.24. The fourth-order valence-corrected chi connectivity index (χ4v) is 2.51. The molecule has 1 aromatic rings. The second kappa shape index (κ2) is 2.51. The van der Waals surface area contributed by atoms with Gasteiger partial charge in [-0.1, -0.05) is 0 Å². The van der Waals surface area contributed by atoms with Crippen molar-refractivity contribution in [1.29, 1.82) is 0 Å². The molecule has 1 aromatic heterocycles. The molecule has 2 atom stereocenters. The van der Waals surface area contributed by atoms with E-state index in [0.29, 0.717) is 5.41 Å². The highest BCUT2D eigenvalue weighted by Gasteiger charge is 2.56. The highest BCUT2D eigenvalue weighted by molar-refractivity contribution is 5.28. The summed E-state index contributed by atoms with van der Waals surface area (Å²) in [6.45, 7) is 2.25. The fourth-order valence-electron chi connectivity index (χ4n) is 2.51. The number of hydrogen-bond acceptors (Lipinski definition) is 3. The van der Waals surface area contributed by atoms with E-state index in [0.717, 1.165) is 12.5 Å². The predicted molar refractivity (Wildman–Crippen MR) is 48.1 cm³/mol. The maximum absolute atomic E-state index is 4.24. The van der Waals surface area contributed by atoms with Gasteiger partial charge in [-0.3, -0.25) is 0 Å². The molecule has 0 bridgehead atoms. The average Bonchev–Trinajstić information content (AvgIpc) is 2.94. The Hall–Kier alpha value is -0.960. The average molecular weight is 174 g/mol. The Morgan fingerprint density at radius 3 is 3.38 bits per heavy atom. The summed E-state index contributed by atoms with van der Waals surface area (Å²) in [4.78, 5) is 8.07. The minimum absolute atomic E-state index is 0.345. The molecule has 1 radical (unpaired) electrons. The second-order valence-corrected chi connectivity index (χ2v) is 4.06. The third kappa shape index (κ3) is 1.000. The van der Waals surface area contributed by atoms with Crippen molar-refractivity contribution >= 4 is 0 Å². The summed E-state index contributed by atoms with van der Waals surface area (Å²) in [6.07, 6.45) is 7.07. The van der Waals surface area contributed by atoms with Gasteiger partial charge >= 0.3 is 0 Å². The van der Waals surface area contributed by atoms with E-state index in [1.807, 2.05) is 6.07 Å². The van der Waals surface area contributed by atoms with Gasteiger partial charge in [0.1, 0.15) is 0 Å². The van der Waals surface area contributed by atoms with Crippen LogP contribution in [0.4, 0.5) is 0 Å². The topological polar surface area (TPSA) is 37.8 Å². The molecule has 0 spiro atoms. The number of piperidine rings is 1. The molecule has 1 saturated carbocycles. The normalized spacial score (nSPS) is 36.8. The standard InChI is InChI=1S/C10H12N3/c1-3-11-6-10(5-8(1)10)9-2-4-12-7-13-9/h2,4,8,11H,1,3,5-6H2. The number of nitrogens with zero attached hydrogens (tertiary/aromatic N) is 2. The first kappa shape index (κ1) is 7.44. The van der Waals surface area contributed by atoms with Gasteiger partial charge in [-0.05, 0) is 31.4 Å². The van der Waals surface area contributed by atoms with Crippen LogP contribution in [0.1, 0.15) is 18.5 Å². The SMILES string of the molecule is [c]1nccc(C23CNCCC2C3)n1. The zero-order valence-corrected chi connectivity index (χ0v) is 7.45. The maximum Gasteiger partial charge on any atom is 0.197 e. The Morgan fingerprint density at radius 2 is 2.62 bits per heavy atom. The van der Waals surface area contributed by atoms with Gasteiger partial charge in [0.05, 0.1) is 5.69 Å². The Bertz CT molecular complexity index is 311. The summed E-state index contributed by atoms with van der Waals surface area (Å²) in [5.74, 6) is 0.858. The molecule has 2 heterocycles. The first-order valence-electron chi connectivity index (χ1n) is 4.82. The summed E-state index contributed by atoms with van der Waals surface area (Å²) in [5, 5.41) is 3.44. The number of aromatic nitrogens is 2. The summed E-state index contributed by atoms with van der Waals surface area (Å²) in [6, 6.07) is 2.03. The number of fused-ring (bicyclic) bond motifs is 1. The lowest BCUT2D eigenvalue weighted by Crippen LogP contribution is -2.34. The van der Waals surface area contributed by atoms with E-state index in [2.05, 4.69) is 21.6 Å². The molecule has 1 aliphatic carbocycles. The van der Waals surface area contributed by atoms with Crippen LogP contribution in [0.25, 0.3) is 0 Å². The Morgan fingerprint density at radius 1 is 1.62 bits per heavy atom. The largest absolute Gasteiger partial charge is 0.316 e. The molecule has 1 saturated heterocycles. The minimum atomic E-state index is 0.345. The van der Waals surface area contributed by atoms with Crippen LogP contribution in [-0.4, -0.2) is 23.1 Å². The molecule has 13 heavy (non-hydrogen) atoms. The first-order chi connectivity index (χ1) is 6.42. The Labute approximate surface area is 77.6 Å². The molecule has 2 fully saturated rings. The van der Waals surface area contributed by atoms with E-state index in [1.165, 1.54) is 25.1 Å². The van der Waals surface area contributed by atoms with Crippen molar-refractivity contribution in [2.45, 2.75) is 18.3 Å². The van der Waals surface area contributed by atoms with Crippen molar-refractivity contribution in [3.8, 4) is 0 Å². The van der Waals surface area contributed by atoms with Crippen LogP contribution in [0.3, 0.4) is 0 Å². The van der Waals surface area contributed by atoms with Gasteiger partial charge in [0.15, 0.2) is 6.33 Å². The van der Waals surface area contributed by atoms with Crippen LogP contribution in [0, 0.1) is 12.2 Å². The van der Waals surface area contributed by atoms with Gasteiger partial charge in [-0.15, -0.1) is 0 Å². The van der Waals surface area contributed by atoms with E-state index in [-0.39, 0.29) is 0 Å². The number of hydrogen-bond donors (Lipinski definition) is 1. The molecule has 3 rings (SSSR count). The van der Waals surface area contributed by atoms with Crippen molar-refractivity contribution in [2.75, 3.05) is 13.1 Å². The van der Waals surface area contributed by atoms with E-state index < -0.39 is 0 Å². The molecule has 3 nitrogen and oxygen atoms in total. The summed E-state index contributed by atoms with van der Waals surface area (Å²) in [7, 11) is 0. The monoisotopic (exact) mass is 174 g/mol. The van der Waals surface area contributed by atoms with E-state index in [4.69, 9.17) is 0 Å². The van der Waals surface area contributed by atoms with Gasteiger partial charge in [0, 0.05) is 18.2 Å². The van der Waals surface area contributed by atoms with Crippen LogP contribution in [0.15, 0.2) is 12.3 Å². The molecule has 1 aliphatic heterocycles. The molecule has 3 heteroatoms. The molecule has 2 aliphatic rings. The van der Waals surface area contributed by atoms with Crippen LogP contribution in [0.2, 0.25) is 0 Å². The van der Waals surface area contributed by atoms with Crippen molar-refractivity contribution in [3.63, 3.8) is 0 Å². The van der Waals surface area contributed by atoms with Crippen molar-refractivity contribution in [2.24, 2.45) is 5.92 Å². The number of nitrogens with one attached hydrogen (secondary N) is 1. The van der Waals surface area contributed by atoms with Crippen LogP contribution in [-0.2, 0) is 5.41 Å². The third-order valence-electron chi connectivity index (χ3n) is 3.39. The van der Waals surface area contributed by atoms with Crippen LogP contribution >= 0.6 is 0 Å². The quantitative estimate of drug-likeness (QED) is 0.674. The van der Waals surface area contributed by atoms with E-state index in [9.17, 15) is 0 Å². The second-order valence-electron chi connectivity index (χ2n) is 4.06. The smallest absolute Gasteiger partial charge is 0.197 e. The summed E-state index contributed by atoms with van der Waals surface area (Å²) < 4.78 is 0. The zero-order valence-electron chi connectivity index (χ0n) is 7.45. The van der Waals surface area contributed by atoms with Gasteiger partial charge in [-0.25, -0.2) is 9.97 Å². The fraction of sp³-hybridized carbons (Fsp3) is 0.600. The lowest BCUT2D eigenvalue weighted by Gasteiger charge is -2.21. The molecule has 0 aromatic carbocycles. The molecule has 67 valence electrons. The number of rotatable bonds is 1. The van der Waals surface area contributed by atoms with Gasteiger partial charge in [0.25, 0.3) is 0 Å². The first-order valence-corrected chi connectivity index (χ1v) is 4.82. The van der Waals surface area contributed by atoms with Crippen LogP contribution < -0.4 is 5.32 Å². The Kier molecular flexibility index (Phi) is 1.44. The predicted octanol–water partition coefficient (Wildman–Crippen LogP) is 0.528. The van der Waals surface area contributed by atoms with Crippen molar-refractivity contribution < 1.29 is 0 Å². The molecule has 0 amide bonds. The molecular formula is C10H12N3. The zero-order chi connectivity index (χ0) is 8.73. The third-order valence-corrected chi connectivity index (χ3v) is 3.39. The van der Waals surface area contributed by atoms with E-state index in [1.54, 1.807) is 6.20 Å². The lowest BCUT2D eigenvalue weighted by atomic mass is 9.95. The van der Waals surface area contributed by atoms with Crippen molar-refractivity contribution in [1.82, 2.24) is 15.3 Å².